The summed E-state index contributed by atoms with van der Waals surface area (Å²) in [5.74, 6) is -1.08. The fourth-order valence-corrected chi connectivity index (χ4v) is 1.42. The molecule has 1 rings (SSSR count). The highest BCUT2D eigenvalue weighted by atomic mass is 19.4. The second kappa shape index (κ2) is 4.36. The van der Waals surface area contributed by atoms with E-state index in [2.05, 4.69) is 4.74 Å². The molecular weight excluding hydrogens is 243 g/mol. The molecule has 8 heteroatoms. The molecule has 0 aliphatic carbocycles. The number of hydrogen-bond acceptors (Lipinski definition) is 4. The van der Waals surface area contributed by atoms with Crippen molar-refractivity contribution in [2.75, 3.05) is 6.61 Å². The van der Waals surface area contributed by atoms with Gasteiger partial charge in [-0.25, -0.2) is 4.79 Å². The second-order valence-electron chi connectivity index (χ2n) is 3.30. The number of halogens is 3. The number of esters is 1. The second-order valence-corrected chi connectivity index (χ2v) is 3.30. The fourth-order valence-electron chi connectivity index (χ4n) is 1.42. The van der Waals surface area contributed by atoms with Gasteiger partial charge in [0, 0.05) is 6.42 Å². The van der Waals surface area contributed by atoms with E-state index in [1.54, 1.807) is 0 Å². The monoisotopic (exact) mass is 253 g/mol. The van der Waals surface area contributed by atoms with Gasteiger partial charge in [0.2, 0.25) is 12.1 Å². The van der Waals surface area contributed by atoms with Gasteiger partial charge in [0.1, 0.15) is 5.70 Å². The van der Waals surface area contributed by atoms with Gasteiger partial charge in [-0.15, -0.1) is 0 Å². The predicted octanol–water partition coefficient (Wildman–Crippen LogP) is 0.546. The minimum Gasteiger partial charge on any atom is -0.461 e. The Bertz CT molecular complexity index is 366. The standard InChI is InChI=1S/C9H10F3NO4/c1-2-17-7(15)6-3-4-8(16,9(10,11)12)13(6)5-14/h3,5,16H,2,4H2,1H3. The molecule has 1 aliphatic heterocycles. The number of carbonyl (C=O) groups excluding carboxylic acids is 2. The van der Waals surface area contributed by atoms with E-state index >= 15 is 0 Å². The summed E-state index contributed by atoms with van der Waals surface area (Å²) in [5, 5.41) is 9.38. The van der Waals surface area contributed by atoms with E-state index < -0.39 is 30.0 Å². The maximum absolute atomic E-state index is 12.6. The van der Waals surface area contributed by atoms with Crippen LogP contribution in [0.3, 0.4) is 0 Å². The van der Waals surface area contributed by atoms with Gasteiger partial charge in [0.15, 0.2) is 0 Å². The third kappa shape index (κ3) is 2.12. The van der Waals surface area contributed by atoms with Gasteiger partial charge in [-0.1, -0.05) is 0 Å². The van der Waals surface area contributed by atoms with Crippen LogP contribution in [0, 0.1) is 0 Å². The molecule has 0 saturated heterocycles. The summed E-state index contributed by atoms with van der Waals surface area (Å²) in [4.78, 5) is 21.8. The SMILES string of the molecule is CCOC(=O)C1=CCC(O)(C(F)(F)F)N1C=O. The van der Waals surface area contributed by atoms with Gasteiger partial charge in [0.25, 0.3) is 0 Å². The zero-order valence-corrected chi connectivity index (χ0v) is 8.82. The first-order valence-electron chi connectivity index (χ1n) is 4.69. The average Bonchev–Trinajstić information content (AvgIpc) is 2.56. The van der Waals surface area contributed by atoms with Crippen molar-refractivity contribution in [2.24, 2.45) is 0 Å². The van der Waals surface area contributed by atoms with E-state index in [-0.39, 0.29) is 17.9 Å². The van der Waals surface area contributed by atoms with Gasteiger partial charge >= 0.3 is 12.1 Å². The van der Waals surface area contributed by atoms with Crippen molar-refractivity contribution in [1.82, 2.24) is 4.90 Å². The minimum atomic E-state index is -5.06. The molecule has 96 valence electrons. The minimum absolute atomic E-state index is 0.0483. The number of aliphatic hydroxyl groups is 1. The van der Waals surface area contributed by atoms with Gasteiger partial charge in [0.05, 0.1) is 6.61 Å². The van der Waals surface area contributed by atoms with Crippen LogP contribution < -0.4 is 0 Å². The van der Waals surface area contributed by atoms with E-state index in [1.807, 2.05) is 0 Å². The lowest BCUT2D eigenvalue weighted by molar-refractivity contribution is -0.295. The Kier molecular flexibility index (Phi) is 3.46. The first-order valence-corrected chi connectivity index (χ1v) is 4.69. The van der Waals surface area contributed by atoms with Crippen LogP contribution in [0.5, 0.6) is 0 Å². The highest BCUT2D eigenvalue weighted by molar-refractivity contribution is 5.91. The lowest BCUT2D eigenvalue weighted by atomic mass is 10.1. The van der Waals surface area contributed by atoms with Crippen molar-refractivity contribution in [3.05, 3.63) is 11.8 Å². The molecule has 0 radical (unpaired) electrons. The molecule has 1 atom stereocenters. The van der Waals surface area contributed by atoms with Crippen molar-refractivity contribution >= 4 is 12.4 Å². The lowest BCUT2D eigenvalue weighted by Gasteiger charge is -2.33. The van der Waals surface area contributed by atoms with Crippen molar-refractivity contribution in [1.29, 1.82) is 0 Å². The summed E-state index contributed by atoms with van der Waals surface area (Å²) in [5.41, 5.74) is -3.99. The van der Waals surface area contributed by atoms with Crippen LogP contribution in [-0.2, 0) is 14.3 Å². The molecule has 0 fully saturated rings. The molecule has 5 nitrogen and oxygen atoms in total. The Morgan fingerprint density at radius 2 is 2.29 bits per heavy atom. The molecule has 1 amide bonds. The zero-order chi connectivity index (χ0) is 13.3. The topological polar surface area (TPSA) is 66.8 Å². The molecule has 17 heavy (non-hydrogen) atoms. The summed E-state index contributed by atoms with van der Waals surface area (Å²) in [7, 11) is 0. The number of amides is 1. The third-order valence-corrected chi connectivity index (χ3v) is 2.28. The van der Waals surface area contributed by atoms with Crippen LogP contribution in [-0.4, -0.2) is 40.9 Å². The molecule has 0 aromatic heterocycles. The number of ether oxygens (including phenoxy) is 1. The van der Waals surface area contributed by atoms with E-state index in [0.29, 0.717) is 0 Å². The molecule has 0 saturated carbocycles. The van der Waals surface area contributed by atoms with Crippen molar-refractivity contribution in [2.45, 2.75) is 25.2 Å². The van der Waals surface area contributed by atoms with E-state index in [0.717, 1.165) is 6.08 Å². The first kappa shape index (κ1) is 13.5. The van der Waals surface area contributed by atoms with Crippen LogP contribution in [0.15, 0.2) is 11.8 Å². The molecule has 0 spiro atoms. The third-order valence-electron chi connectivity index (χ3n) is 2.28. The maximum Gasteiger partial charge on any atom is 0.437 e. The predicted molar refractivity (Wildman–Crippen MR) is 48.2 cm³/mol. The summed E-state index contributed by atoms with van der Waals surface area (Å²) < 4.78 is 42.2. The highest BCUT2D eigenvalue weighted by Crippen LogP contribution is 2.41. The normalized spacial score (nSPS) is 24.5. The number of rotatable bonds is 3. The summed E-state index contributed by atoms with van der Waals surface area (Å²) in [6.45, 7) is 1.42. The largest absolute Gasteiger partial charge is 0.461 e. The van der Waals surface area contributed by atoms with Crippen molar-refractivity contribution in [3.8, 4) is 0 Å². The molecule has 0 bridgehead atoms. The molecule has 0 aromatic carbocycles. The summed E-state index contributed by atoms with van der Waals surface area (Å²) in [6.07, 6.45) is -5.38. The highest BCUT2D eigenvalue weighted by Gasteiger charge is 2.61. The van der Waals surface area contributed by atoms with Gasteiger partial charge in [-0.2, -0.15) is 13.2 Å². The van der Waals surface area contributed by atoms with E-state index in [4.69, 9.17) is 0 Å². The molecule has 1 heterocycles. The number of alkyl halides is 3. The van der Waals surface area contributed by atoms with E-state index in [1.165, 1.54) is 6.92 Å². The molecule has 1 N–H and O–H groups in total. The van der Waals surface area contributed by atoms with E-state index in [9.17, 15) is 27.9 Å². The molecule has 0 aromatic rings. The Morgan fingerprint density at radius 1 is 1.71 bits per heavy atom. The molecule has 1 aliphatic rings. The average molecular weight is 253 g/mol. The Morgan fingerprint density at radius 3 is 2.71 bits per heavy atom. The van der Waals surface area contributed by atoms with Crippen LogP contribution >= 0.6 is 0 Å². The van der Waals surface area contributed by atoms with Crippen LogP contribution in [0.1, 0.15) is 13.3 Å². The Hall–Kier alpha value is -1.57. The summed E-state index contributed by atoms with van der Waals surface area (Å²) >= 11 is 0. The maximum atomic E-state index is 12.6. The number of hydrogen-bond donors (Lipinski definition) is 1. The smallest absolute Gasteiger partial charge is 0.437 e. The lowest BCUT2D eigenvalue weighted by Crippen LogP contribution is -2.55. The Balaban J connectivity index is 3.01. The molecular formula is C9H10F3NO4. The van der Waals surface area contributed by atoms with Crippen molar-refractivity contribution in [3.63, 3.8) is 0 Å². The summed E-state index contributed by atoms with van der Waals surface area (Å²) in [6, 6.07) is 0. The van der Waals surface area contributed by atoms with Crippen LogP contribution in [0.2, 0.25) is 0 Å². The van der Waals surface area contributed by atoms with Crippen LogP contribution in [0.4, 0.5) is 13.2 Å². The number of carbonyl (C=O) groups is 2. The fraction of sp³-hybridized carbons (Fsp3) is 0.556. The first-order chi connectivity index (χ1) is 7.78. The Labute approximate surface area is 94.5 Å². The zero-order valence-electron chi connectivity index (χ0n) is 8.82. The van der Waals surface area contributed by atoms with Gasteiger partial charge in [-0.05, 0) is 13.0 Å². The number of nitrogens with zero attached hydrogens (tertiary/aromatic N) is 1. The van der Waals surface area contributed by atoms with Gasteiger partial charge in [-0.3, -0.25) is 9.69 Å². The van der Waals surface area contributed by atoms with Gasteiger partial charge < -0.3 is 9.84 Å². The quantitative estimate of drug-likeness (QED) is 0.589. The molecule has 1 unspecified atom stereocenters. The van der Waals surface area contributed by atoms with Crippen LogP contribution in [0.25, 0.3) is 0 Å². The van der Waals surface area contributed by atoms with Crippen molar-refractivity contribution < 1.29 is 32.6 Å².